The molecule has 0 radical (unpaired) electrons. The fourth-order valence-corrected chi connectivity index (χ4v) is 3.94. The van der Waals surface area contributed by atoms with Crippen LogP contribution in [0.2, 0.25) is 0 Å². The van der Waals surface area contributed by atoms with Crippen LogP contribution in [0, 0.1) is 0 Å². The van der Waals surface area contributed by atoms with E-state index in [4.69, 9.17) is 9.47 Å². The van der Waals surface area contributed by atoms with Gasteiger partial charge in [-0.2, -0.15) is 0 Å². The number of hydrogen-bond donors (Lipinski definition) is 0. The summed E-state index contributed by atoms with van der Waals surface area (Å²) >= 11 is 0. The van der Waals surface area contributed by atoms with Crippen molar-refractivity contribution in [3.63, 3.8) is 0 Å². The number of rotatable bonds is 4. The van der Waals surface area contributed by atoms with E-state index in [9.17, 15) is 9.59 Å². The predicted molar refractivity (Wildman–Crippen MR) is 96.4 cm³/mol. The molecule has 0 aliphatic carbocycles. The largest absolute Gasteiger partial charge is 1.00 e. The van der Waals surface area contributed by atoms with E-state index in [1.54, 1.807) is 0 Å². The molecule has 0 spiro atoms. The van der Waals surface area contributed by atoms with Gasteiger partial charge in [0.15, 0.2) is 13.1 Å². The number of carbonyl (C=O) groups excluding carboxylic acids is 2. The van der Waals surface area contributed by atoms with Crippen LogP contribution >= 0.6 is 0 Å². The van der Waals surface area contributed by atoms with E-state index in [0.717, 1.165) is 61.6 Å². The van der Waals surface area contributed by atoms with E-state index in [0.29, 0.717) is 39.3 Å². The molecule has 10 heteroatoms. The molecule has 3 heterocycles. The van der Waals surface area contributed by atoms with Crippen LogP contribution in [0.5, 0.6) is 0 Å². The second kappa shape index (κ2) is 11.6. The van der Waals surface area contributed by atoms with E-state index >= 15 is 0 Å². The lowest BCUT2D eigenvalue weighted by Crippen LogP contribution is -3.00. The molecule has 164 valence electrons. The van der Waals surface area contributed by atoms with Gasteiger partial charge in [-0.15, -0.1) is 0 Å². The molecule has 0 aromatic rings. The van der Waals surface area contributed by atoms with Crippen LogP contribution in [-0.2, 0) is 19.1 Å². The van der Waals surface area contributed by atoms with Crippen LogP contribution in [0.4, 0.5) is 0 Å². The molecule has 0 aromatic carbocycles. The molecule has 3 saturated heterocycles. The molecule has 0 saturated carbocycles. The number of morpholine rings is 2. The zero-order valence-electron chi connectivity index (χ0n) is 17.1. The van der Waals surface area contributed by atoms with Crippen LogP contribution in [0.15, 0.2) is 0 Å². The van der Waals surface area contributed by atoms with Crippen LogP contribution in [0.25, 0.3) is 0 Å². The summed E-state index contributed by atoms with van der Waals surface area (Å²) in [6.45, 7) is 10.1. The number of quaternary nitrogens is 2. The summed E-state index contributed by atoms with van der Waals surface area (Å²) in [5.74, 6) is 0.405. The van der Waals surface area contributed by atoms with Gasteiger partial charge in [-0.3, -0.25) is 9.59 Å². The van der Waals surface area contributed by atoms with Crippen molar-refractivity contribution in [3.05, 3.63) is 0 Å². The Bertz CT molecular complexity index is 472. The highest BCUT2D eigenvalue weighted by Crippen LogP contribution is 2.12. The van der Waals surface area contributed by atoms with Gasteiger partial charge in [0.05, 0.1) is 40.5 Å². The Kier molecular flexibility index (Phi) is 10.9. The number of carbonyl (C=O) groups is 2. The van der Waals surface area contributed by atoms with Gasteiger partial charge in [-0.05, 0) is 0 Å². The first-order valence-corrected chi connectivity index (χ1v) is 9.77. The Morgan fingerprint density at radius 1 is 0.679 bits per heavy atom. The molecule has 0 unspecified atom stereocenters. The molecule has 2 amide bonds. The highest BCUT2D eigenvalue weighted by molar-refractivity contribution is 5.79. The van der Waals surface area contributed by atoms with Crippen LogP contribution in [0.1, 0.15) is 0 Å². The monoisotopic (exact) mass is 624 g/mol. The van der Waals surface area contributed by atoms with Crippen molar-refractivity contribution < 1.29 is 76.0 Å². The smallest absolute Gasteiger partial charge is 0.277 e. The van der Waals surface area contributed by atoms with E-state index in [1.165, 1.54) is 0 Å². The summed E-state index contributed by atoms with van der Waals surface area (Å²) < 4.78 is 12.3. The van der Waals surface area contributed by atoms with E-state index in [-0.39, 0.29) is 59.8 Å². The molecule has 0 atom stereocenters. The quantitative estimate of drug-likeness (QED) is 0.231. The fourth-order valence-electron chi connectivity index (χ4n) is 3.94. The molecule has 3 aliphatic heterocycles. The minimum Gasteiger partial charge on any atom is -1.00 e. The lowest BCUT2D eigenvalue weighted by molar-refractivity contribution is -0.909. The number of ether oxygens (including phenoxy) is 2. The van der Waals surface area contributed by atoms with Gasteiger partial charge < -0.3 is 76.2 Å². The topological polar surface area (TPSA) is 59.1 Å². The van der Waals surface area contributed by atoms with Crippen molar-refractivity contribution in [2.24, 2.45) is 0 Å². The zero-order valence-corrected chi connectivity index (χ0v) is 21.4. The Morgan fingerprint density at radius 2 is 0.964 bits per heavy atom. The number of halogens is 2. The third kappa shape index (κ3) is 7.18. The van der Waals surface area contributed by atoms with E-state index in [1.807, 2.05) is 9.80 Å². The number of piperazine rings is 1. The average Bonchev–Trinajstić information content (AvgIpc) is 2.62. The summed E-state index contributed by atoms with van der Waals surface area (Å²) in [5, 5.41) is 0. The standard InChI is InChI=1S/C18H34N4O4.2HI/c1-21(7-11-25-12-8-21)15-17(23)19-3-5-20(6-4-19)18(24)16-22(2)9-13-26-14-10-22;;/h3-16H2,1-2H3;2*1H/q+2;;/p-2. The van der Waals surface area contributed by atoms with E-state index < -0.39 is 0 Å². The van der Waals surface area contributed by atoms with Crippen molar-refractivity contribution in [2.75, 3.05) is 106 Å². The molecule has 8 nitrogen and oxygen atoms in total. The van der Waals surface area contributed by atoms with Crippen molar-refractivity contribution in [1.82, 2.24) is 9.80 Å². The normalized spacial score (nSPS) is 23.9. The Hall–Kier alpha value is 0.240. The second-order valence-corrected chi connectivity index (χ2v) is 8.44. The Morgan fingerprint density at radius 3 is 1.25 bits per heavy atom. The molecule has 3 rings (SSSR count). The highest BCUT2D eigenvalue weighted by Gasteiger charge is 2.34. The molecule has 28 heavy (non-hydrogen) atoms. The molecule has 0 aromatic heterocycles. The SMILES string of the molecule is C[N+]1(CC(=O)N2CCN(C(=O)C[N+]3(C)CCOCC3)CC2)CCOCC1.[I-].[I-]. The molecule has 0 bridgehead atoms. The molecular formula is C18H34I2N4O4. The lowest BCUT2D eigenvalue weighted by Gasteiger charge is -2.41. The summed E-state index contributed by atoms with van der Waals surface area (Å²) in [4.78, 5) is 29.2. The predicted octanol–water partition coefficient (Wildman–Crippen LogP) is -7.38. The van der Waals surface area contributed by atoms with Gasteiger partial charge in [0.1, 0.15) is 26.2 Å². The molecule has 3 fully saturated rings. The number of likely N-dealkylation sites (N-methyl/N-ethyl adjacent to an activating group) is 2. The molecular weight excluding hydrogens is 590 g/mol. The van der Waals surface area contributed by atoms with Crippen LogP contribution in [-0.4, -0.2) is 137 Å². The lowest BCUT2D eigenvalue weighted by atomic mass is 10.2. The third-order valence-corrected chi connectivity index (χ3v) is 6.12. The van der Waals surface area contributed by atoms with Crippen molar-refractivity contribution >= 4 is 11.8 Å². The minimum absolute atomic E-state index is 0. The minimum atomic E-state index is 0. The first kappa shape index (κ1) is 26.3. The van der Waals surface area contributed by atoms with Gasteiger partial charge in [0.25, 0.3) is 11.8 Å². The van der Waals surface area contributed by atoms with Gasteiger partial charge in [0.2, 0.25) is 0 Å². The zero-order chi connectivity index (χ0) is 18.6. The van der Waals surface area contributed by atoms with Crippen molar-refractivity contribution in [2.45, 2.75) is 0 Å². The summed E-state index contributed by atoms with van der Waals surface area (Å²) in [6, 6.07) is 0. The van der Waals surface area contributed by atoms with Crippen LogP contribution < -0.4 is 48.0 Å². The van der Waals surface area contributed by atoms with Gasteiger partial charge in [-0.1, -0.05) is 0 Å². The summed E-state index contributed by atoms with van der Waals surface area (Å²) in [5.41, 5.74) is 0. The van der Waals surface area contributed by atoms with E-state index in [2.05, 4.69) is 14.1 Å². The molecule has 3 aliphatic rings. The maximum Gasteiger partial charge on any atom is 0.277 e. The Balaban J connectivity index is 0.00000196. The van der Waals surface area contributed by atoms with Gasteiger partial charge >= 0.3 is 0 Å². The van der Waals surface area contributed by atoms with Crippen molar-refractivity contribution in [3.8, 4) is 0 Å². The first-order chi connectivity index (χ1) is 12.4. The second-order valence-electron chi connectivity index (χ2n) is 8.44. The summed E-state index contributed by atoms with van der Waals surface area (Å²) in [7, 11) is 4.26. The summed E-state index contributed by atoms with van der Waals surface area (Å²) in [6.07, 6.45) is 0. The maximum absolute atomic E-state index is 12.7. The third-order valence-electron chi connectivity index (χ3n) is 6.12. The maximum atomic E-state index is 12.7. The van der Waals surface area contributed by atoms with Crippen LogP contribution in [0.3, 0.4) is 0 Å². The fraction of sp³-hybridized carbons (Fsp3) is 0.889. The number of hydrogen-bond acceptors (Lipinski definition) is 4. The number of nitrogens with zero attached hydrogens (tertiary/aromatic N) is 4. The molecule has 0 N–H and O–H groups in total. The highest BCUT2D eigenvalue weighted by atomic mass is 127. The van der Waals surface area contributed by atoms with Gasteiger partial charge in [0, 0.05) is 26.2 Å². The first-order valence-electron chi connectivity index (χ1n) is 9.77. The number of amides is 2. The Labute approximate surface area is 202 Å². The average molecular weight is 624 g/mol. The van der Waals surface area contributed by atoms with Gasteiger partial charge in [-0.25, -0.2) is 0 Å². The van der Waals surface area contributed by atoms with Crippen molar-refractivity contribution in [1.29, 1.82) is 0 Å².